The summed E-state index contributed by atoms with van der Waals surface area (Å²) in [5.41, 5.74) is 1.74. The van der Waals surface area contributed by atoms with Crippen LogP contribution in [0, 0.1) is 0 Å². The van der Waals surface area contributed by atoms with Gasteiger partial charge in [0.1, 0.15) is 12.6 Å². The molecule has 5 rings (SSSR count). The Bertz CT molecular complexity index is 902. The summed E-state index contributed by atoms with van der Waals surface area (Å²) in [5, 5.41) is 2.93. The molecule has 10 heteroatoms. The number of morpholine rings is 1. The van der Waals surface area contributed by atoms with Crippen molar-refractivity contribution in [1.82, 2.24) is 15.1 Å². The molecule has 3 atom stereocenters. The first-order valence-electron chi connectivity index (χ1n) is 12.2. The number of carbonyl (C=O) groups excluding carboxylic acids is 2. The lowest BCUT2D eigenvalue weighted by Gasteiger charge is -2.43. The van der Waals surface area contributed by atoms with Crippen LogP contribution in [0.2, 0.25) is 0 Å². The second-order valence-corrected chi connectivity index (χ2v) is 9.79. The number of likely N-dealkylation sites (tertiary alicyclic amines) is 2. The average molecular weight is 481 g/mol. The van der Waals surface area contributed by atoms with Gasteiger partial charge >= 0.3 is 12.2 Å². The van der Waals surface area contributed by atoms with Gasteiger partial charge in [-0.15, -0.1) is 0 Å². The summed E-state index contributed by atoms with van der Waals surface area (Å²) in [5.74, 6) is 0.146. The first-order chi connectivity index (χ1) is 16.3. The number of rotatable bonds is 2. The standard InChI is InChI=1S/C24H31F3N4O3/c25-24(26,27)21-2-1-10-31(21)18-5-3-16(4-6-18)17-7-11-29(12-8-17)23(33)30-13-9-20-19(14-30)28-22(32)15-34-20/h3-6,17,19-21H,1-2,7-15H2,(H,28,32)/t19-,20+,21?/m1/s1. The molecule has 1 unspecified atom stereocenters. The van der Waals surface area contributed by atoms with Crippen molar-refractivity contribution in [3.8, 4) is 0 Å². The molecule has 34 heavy (non-hydrogen) atoms. The van der Waals surface area contributed by atoms with Crippen LogP contribution in [-0.4, -0.2) is 85.4 Å². The number of alkyl halides is 3. The smallest absolute Gasteiger partial charge is 0.366 e. The number of amides is 3. The minimum absolute atomic E-state index is 0.000652. The molecule has 4 aliphatic rings. The number of hydrogen-bond donors (Lipinski definition) is 1. The zero-order valence-corrected chi connectivity index (χ0v) is 19.1. The summed E-state index contributed by atoms with van der Waals surface area (Å²) in [6.07, 6.45) is -1.18. The Hall–Kier alpha value is -2.49. The fourth-order valence-electron chi connectivity index (χ4n) is 5.83. The van der Waals surface area contributed by atoms with Crippen molar-refractivity contribution in [1.29, 1.82) is 0 Å². The predicted octanol–water partition coefficient (Wildman–Crippen LogP) is 3.11. The predicted molar refractivity (Wildman–Crippen MR) is 120 cm³/mol. The maximum atomic E-state index is 13.3. The molecule has 0 bridgehead atoms. The third-order valence-electron chi connectivity index (χ3n) is 7.69. The molecule has 7 nitrogen and oxygen atoms in total. The molecule has 0 saturated carbocycles. The van der Waals surface area contributed by atoms with Gasteiger partial charge in [-0.2, -0.15) is 13.2 Å². The Balaban J connectivity index is 1.15. The molecule has 4 heterocycles. The van der Waals surface area contributed by atoms with Crippen molar-refractivity contribution in [3.05, 3.63) is 29.8 Å². The number of hydrogen-bond acceptors (Lipinski definition) is 4. The maximum absolute atomic E-state index is 13.3. The van der Waals surface area contributed by atoms with Gasteiger partial charge in [-0.25, -0.2) is 4.79 Å². The maximum Gasteiger partial charge on any atom is 0.408 e. The van der Waals surface area contributed by atoms with E-state index in [4.69, 9.17) is 4.74 Å². The highest BCUT2D eigenvalue weighted by Crippen LogP contribution is 2.37. The quantitative estimate of drug-likeness (QED) is 0.707. The number of ether oxygens (including phenoxy) is 1. The third-order valence-corrected chi connectivity index (χ3v) is 7.69. The van der Waals surface area contributed by atoms with E-state index < -0.39 is 12.2 Å². The second kappa shape index (κ2) is 9.28. The van der Waals surface area contributed by atoms with Crippen LogP contribution in [0.3, 0.4) is 0 Å². The van der Waals surface area contributed by atoms with Crippen LogP contribution in [0.15, 0.2) is 24.3 Å². The molecule has 0 radical (unpaired) electrons. The molecule has 4 fully saturated rings. The summed E-state index contributed by atoms with van der Waals surface area (Å²) < 4.78 is 45.5. The number of piperidine rings is 2. The van der Waals surface area contributed by atoms with Gasteiger partial charge in [-0.3, -0.25) is 4.79 Å². The largest absolute Gasteiger partial charge is 0.408 e. The van der Waals surface area contributed by atoms with Crippen molar-refractivity contribution in [2.45, 2.75) is 62.4 Å². The normalized spacial score (nSPS) is 28.6. The summed E-state index contributed by atoms with van der Waals surface area (Å²) in [4.78, 5) is 29.8. The van der Waals surface area contributed by atoms with Gasteiger partial charge in [-0.1, -0.05) is 12.1 Å². The number of anilines is 1. The first kappa shape index (κ1) is 23.3. The molecular weight excluding hydrogens is 449 g/mol. The van der Waals surface area contributed by atoms with E-state index in [1.54, 1.807) is 4.90 Å². The SMILES string of the molecule is O=C1CO[C@H]2CCN(C(=O)N3CCC(c4ccc(N5CCCC5C(F)(F)F)cc4)CC3)C[C@H]2N1. The van der Waals surface area contributed by atoms with Crippen molar-refractivity contribution in [2.24, 2.45) is 0 Å². The fraction of sp³-hybridized carbons (Fsp3) is 0.667. The number of halogens is 3. The zero-order valence-electron chi connectivity index (χ0n) is 19.1. The van der Waals surface area contributed by atoms with Crippen molar-refractivity contribution in [3.63, 3.8) is 0 Å². The number of fused-ring (bicyclic) bond motifs is 1. The second-order valence-electron chi connectivity index (χ2n) is 9.79. The lowest BCUT2D eigenvalue weighted by Crippen LogP contribution is -2.62. The number of carbonyl (C=O) groups is 2. The minimum atomic E-state index is -4.21. The average Bonchev–Trinajstić information content (AvgIpc) is 3.34. The van der Waals surface area contributed by atoms with Crippen LogP contribution in [0.4, 0.5) is 23.7 Å². The Labute approximate surface area is 197 Å². The topological polar surface area (TPSA) is 65.1 Å². The summed E-state index contributed by atoms with van der Waals surface area (Å²) in [6, 6.07) is 5.95. The molecule has 1 N–H and O–H groups in total. The van der Waals surface area contributed by atoms with Crippen molar-refractivity contribution < 1.29 is 27.5 Å². The van der Waals surface area contributed by atoms with Crippen LogP contribution < -0.4 is 10.2 Å². The van der Waals surface area contributed by atoms with Gasteiger partial charge in [-0.05, 0) is 55.7 Å². The van der Waals surface area contributed by atoms with Crippen LogP contribution in [0.5, 0.6) is 0 Å². The van der Waals surface area contributed by atoms with E-state index in [1.807, 2.05) is 29.2 Å². The lowest BCUT2D eigenvalue weighted by molar-refractivity contribution is -0.146. The molecule has 3 amide bonds. The van der Waals surface area contributed by atoms with Gasteiger partial charge in [0.25, 0.3) is 0 Å². The van der Waals surface area contributed by atoms with Crippen LogP contribution in [-0.2, 0) is 9.53 Å². The van der Waals surface area contributed by atoms with Gasteiger partial charge in [0.2, 0.25) is 5.91 Å². The van der Waals surface area contributed by atoms with Crippen LogP contribution >= 0.6 is 0 Å². The molecule has 1 aromatic carbocycles. The Morgan fingerprint density at radius 3 is 2.38 bits per heavy atom. The Morgan fingerprint density at radius 1 is 0.971 bits per heavy atom. The van der Waals surface area contributed by atoms with Crippen LogP contribution in [0.1, 0.15) is 43.6 Å². The monoisotopic (exact) mass is 480 g/mol. The molecule has 1 aromatic rings. The Morgan fingerprint density at radius 2 is 1.68 bits per heavy atom. The minimum Gasteiger partial charge on any atom is -0.366 e. The number of urea groups is 1. The summed E-state index contributed by atoms with van der Waals surface area (Å²) in [7, 11) is 0. The molecule has 0 aliphatic carbocycles. The van der Waals surface area contributed by atoms with Gasteiger partial charge in [0, 0.05) is 38.4 Å². The van der Waals surface area contributed by atoms with Crippen molar-refractivity contribution >= 4 is 17.6 Å². The van der Waals surface area contributed by atoms with Crippen molar-refractivity contribution in [2.75, 3.05) is 44.2 Å². The lowest BCUT2D eigenvalue weighted by atomic mass is 9.89. The van der Waals surface area contributed by atoms with E-state index in [0.29, 0.717) is 51.3 Å². The van der Waals surface area contributed by atoms with E-state index in [9.17, 15) is 22.8 Å². The highest BCUT2D eigenvalue weighted by atomic mass is 19.4. The summed E-state index contributed by atoms with van der Waals surface area (Å²) >= 11 is 0. The molecule has 4 saturated heterocycles. The van der Waals surface area contributed by atoms with E-state index in [1.165, 1.54) is 4.90 Å². The summed E-state index contributed by atoms with van der Waals surface area (Å²) in [6.45, 7) is 2.88. The molecule has 4 aliphatic heterocycles. The van der Waals surface area contributed by atoms with Gasteiger partial charge < -0.3 is 24.8 Å². The zero-order chi connectivity index (χ0) is 23.9. The highest BCUT2D eigenvalue weighted by Gasteiger charge is 2.46. The third kappa shape index (κ3) is 4.69. The number of benzene rings is 1. The Kier molecular flexibility index (Phi) is 6.35. The molecule has 0 spiro atoms. The van der Waals surface area contributed by atoms with E-state index in [2.05, 4.69) is 5.32 Å². The molecule has 186 valence electrons. The van der Waals surface area contributed by atoms with E-state index in [-0.39, 0.29) is 43.0 Å². The highest BCUT2D eigenvalue weighted by molar-refractivity contribution is 5.79. The van der Waals surface area contributed by atoms with Gasteiger partial charge in [0.15, 0.2) is 0 Å². The molecule has 0 aromatic heterocycles. The number of nitrogens with one attached hydrogen (secondary N) is 1. The van der Waals surface area contributed by atoms with Gasteiger partial charge in [0.05, 0.1) is 12.1 Å². The van der Waals surface area contributed by atoms with E-state index >= 15 is 0 Å². The fourth-order valence-corrected chi connectivity index (χ4v) is 5.83. The van der Waals surface area contributed by atoms with E-state index in [0.717, 1.165) is 18.4 Å². The van der Waals surface area contributed by atoms with Crippen LogP contribution in [0.25, 0.3) is 0 Å². The number of nitrogens with zero attached hydrogens (tertiary/aromatic N) is 3. The molecular formula is C24H31F3N4O3. The first-order valence-corrected chi connectivity index (χ1v) is 12.2.